The molecule has 3 N–H and O–H groups in total. The summed E-state index contributed by atoms with van der Waals surface area (Å²) in [6.07, 6.45) is 0. The zero-order valence-corrected chi connectivity index (χ0v) is 13.7. The van der Waals surface area contributed by atoms with Gasteiger partial charge in [0, 0.05) is 14.5 Å². The number of nitrogens with one attached hydrogen (secondary N) is 1. The Hall–Kier alpha value is -1.40. The van der Waals surface area contributed by atoms with Crippen LogP contribution in [0.1, 0.15) is 15.9 Å². The van der Waals surface area contributed by atoms with Crippen molar-refractivity contribution < 1.29 is 9.18 Å². The number of aryl methyl sites for hydroxylation is 1. The molecule has 1 amide bonds. The van der Waals surface area contributed by atoms with Gasteiger partial charge in [0.15, 0.2) is 0 Å². The van der Waals surface area contributed by atoms with E-state index in [1.165, 1.54) is 12.1 Å². The average molecular weight is 402 g/mol. The van der Waals surface area contributed by atoms with Crippen molar-refractivity contribution in [1.82, 2.24) is 0 Å². The Morgan fingerprint density at radius 2 is 1.80 bits per heavy atom. The third-order valence-corrected chi connectivity index (χ3v) is 3.61. The second-order valence-corrected chi connectivity index (χ2v) is 6.13. The van der Waals surface area contributed by atoms with Gasteiger partial charge in [-0.1, -0.05) is 31.9 Å². The first-order valence-corrected chi connectivity index (χ1v) is 7.28. The van der Waals surface area contributed by atoms with Gasteiger partial charge in [-0.2, -0.15) is 0 Å². The Morgan fingerprint density at radius 3 is 2.40 bits per heavy atom. The maximum Gasteiger partial charge on any atom is 0.255 e. The first-order valence-electron chi connectivity index (χ1n) is 5.70. The second kappa shape index (κ2) is 5.93. The highest BCUT2D eigenvalue weighted by Crippen LogP contribution is 2.28. The predicted octanol–water partition coefficient (Wildman–Crippen LogP) is 4.49. The molecule has 0 aromatic heterocycles. The van der Waals surface area contributed by atoms with E-state index >= 15 is 0 Å². The van der Waals surface area contributed by atoms with E-state index < -0.39 is 11.7 Å². The molecular formula is C14H11Br2FN2O. The fourth-order valence-corrected chi connectivity index (χ4v) is 2.87. The van der Waals surface area contributed by atoms with Crippen LogP contribution in [0.2, 0.25) is 0 Å². The molecule has 6 heteroatoms. The summed E-state index contributed by atoms with van der Waals surface area (Å²) in [5, 5.41) is 2.70. The number of nitrogen functional groups attached to an aromatic ring is 1. The molecule has 0 heterocycles. The molecule has 0 radical (unpaired) electrons. The number of hydrogen-bond acceptors (Lipinski definition) is 2. The monoisotopic (exact) mass is 400 g/mol. The zero-order valence-electron chi connectivity index (χ0n) is 10.5. The lowest BCUT2D eigenvalue weighted by Gasteiger charge is -2.12. The number of nitrogens with two attached hydrogens (primary N) is 1. The summed E-state index contributed by atoms with van der Waals surface area (Å²) in [6, 6.07) is 7.54. The maximum atomic E-state index is 13.3. The van der Waals surface area contributed by atoms with Gasteiger partial charge in [-0.3, -0.25) is 4.79 Å². The van der Waals surface area contributed by atoms with E-state index in [1.807, 2.05) is 13.0 Å². The summed E-state index contributed by atoms with van der Waals surface area (Å²) in [6.45, 7) is 1.83. The van der Waals surface area contributed by atoms with Crippen molar-refractivity contribution in [3.05, 3.63) is 56.2 Å². The van der Waals surface area contributed by atoms with Crippen molar-refractivity contribution in [3.8, 4) is 0 Å². The van der Waals surface area contributed by atoms with Gasteiger partial charge in [-0.25, -0.2) is 4.39 Å². The molecule has 0 saturated carbocycles. The number of hydrogen-bond donors (Lipinski definition) is 2. The normalized spacial score (nSPS) is 10.4. The Bertz CT molecular complexity index is 646. The quantitative estimate of drug-likeness (QED) is 0.728. The van der Waals surface area contributed by atoms with Crippen molar-refractivity contribution in [1.29, 1.82) is 0 Å². The van der Waals surface area contributed by atoms with Gasteiger partial charge in [0.2, 0.25) is 0 Å². The molecule has 0 aliphatic carbocycles. The highest BCUT2D eigenvalue weighted by atomic mass is 79.9. The molecule has 0 saturated heterocycles. The lowest BCUT2D eigenvalue weighted by atomic mass is 10.1. The number of amides is 1. The van der Waals surface area contributed by atoms with Crippen LogP contribution >= 0.6 is 31.9 Å². The van der Waals surface area contributed by atoms with Gasteiger partial charge in [0.05, 0.1) is 11.4 Å². The molecule has 20 heavy (non-hydrogen) atoms. The molecule has 104 valence electrons. The van der Waals surface area contributed by atoms with E-state index in [4.69, 9.17) is 5.73 Å². The standard InChI is InChI=1S/C14H11Br2FN2O/c1-7-2-9(15)6-12(18)13(7)19-14(20)8-3-10(16)5-11(17)4-8/h2-6H,18H2,1H3,(H,19,20). The van der Waals surface area contributed by atoms with Crippen LogP contribution in [0, 0.1) is 12.7 Å². The predicted molar refractivity (Wildman–Crippen MR) is 85.3 cm³/mol. The summed E-state index contributed by atoms with van der Waals surface area (Å²) < 4.78 is 14.6. The van der Waals surface area contributed by atoms with Crippen molar-refractivity contribution in [2.75, 3.05) is 11.1 Å². The summed E-state index contributed by atoms with van der Waals surface area (Å²) in [5.41, 5.74) is 7.89. The molecule has 0 bridgehead atoms. The second-order valence-electron chi connectivity index (χ2n) is 4.30. The molecule has 0 unspecified atom stereocenters. The zero-order chi connectivity index (χ0) is 14.9. The van der Waals surface area contributed by atoms with Gasteiger partial charge in [0.1, 0.15) is 5.82 Å². The minimum atomic E-state index is -0.481. The Labute approximate surface area is 132 Å². The molecule has 0 atom stereocenters. The topological polar surface area (TPSA) is 55.1 Å². The first kappa shape index (κ1) is 15.0. The Kier molecular flexibility index (Phi) is 4.45. The maximum absolute atomic E-state index is 13.3. The van der Waals surface area contributed by atoms with Crippen molar-refractivity contribution in [2.45, 2.75) is 6.92 Å². The fourth-order valence-electron chi connectivity index (χ4n) is 1.81. The van der Waals surface area contributed by atoms with Crippen LogP contribution in [0.15, 0.2) is 39.3 Å². The molecule has 0 fully saturated rings. The number of carbonyl (C=O) groups is 1. The average Bonchev–Trinajstić information content (AvgIpc) is 2.32. The van der Waals surface area contributed by atoms with Gasteiger partial charge < -0.3 is 11.1 Å². The first-order chi connectivity index (χ1) is 9.36. The lowest BCUT2D eigenvalue weighted by molar-refractivity contribution is 0.102. The van der Waals surface area contributed by atoms with Crippen LogP contribution in [0.5, 0.6) is 0 Å². The van der Waals surface area contributed by atoms with E-state index in [-0.39, 0.29) is 5.56 Å². The number of benzene rings is 2. The largest absolute Gasteiger partial charge is 0.397 e. The fraction of sp³-hybridized carbons (Fsp3) is 0.0714. The molecule has 2 aromatic carbocycles. The number of rotatable bonds is 2. The highest BCUT2D eigenvalue weighted by Gasteiger charge is 2.12. The lowest BCUT2D eigenvalue weighted by Crippen LogP contribution is -2.14. The third kappa shape index (κ3) is 3.37. The summed E-state index contributed by atoms with van der Waals surface area (Å²) >= 11 is 6.48. The molecule has 0 aliphatic heterocycles. The molecule has 0 spiro atoms. The van der Waals surface area contributed by atoms with E-state index in [9.17, 15) is 9.18 Å². The smallest absolute Gasteiger partial charge is 0.255 e. The summed E-state index contributed by atoms with van der Waals surface area (Å²) in [5.74, 6) is -0.896. The van der Waals surface area contributed by atoms with Crippen LogP contribution in [0.25, 0.3) is 0 Å². The number of carbonyl (C=O) groups excluding carboxylic acids is 1. The minimum Gasteiger partial charge on any atom is -0.397 e. The van der Waals surface area contributed by atoms with Crippen LogP contribution in [-0.2, 0) is 0 Å². The van der Waals surface area contributed by atoms with Crippen LogP contribution in [-0.4, -0.2) is 5.91 Å². The number of anilines is 2. The molecule has 3 nitrogen and oxygen atoms in total. The highest BCUT2D eigenvalue weighted by molar-refractivity contribution is 9.10. The van der Waals surface area contributed by atoms with E-state index in [2.05, 4.69) is 37.2 Å². The van der Waals surface area contributed by atoms with Crippen LogP contribution in [0.3, 0.4) is 0 Å². The van der Waals surface area contributed by atoms with E-state index in [1.54, 1.807) is 12.1 Å². The Morgan fingerprint density at radius 1 is 1.15 bits per heavy atom. The van der Waals surface area contributed by atoms with Gasteiger partial charge in [-0.15, -0.1) is 0 Å². The third-order valence-electron chi connectivity index (χ3n) is 2.69. The minimum absolute atomic E-state index is 0.221. The molecule has 0 aliphatic rings. The van der Waals surface area contributed by atoms with Gasteiger partial charge in [-0.05, 0) is 42.8 Å². The van der Waals surface area contributed by atoms with E-state index in [0.29, 0.717) is 15.8 Å². The molecule has 2 rings (SSSR count). The Balaban J connectivity index is 2.32. The van der Waals surface area contributed by atoms with E-state index in [0.717, 1.165) is 10.0 Å². The SMILES string of the molecule is Cc1cc(Br)cc(N)c1NC(=O)c1cc(F)cc(Br)c1. The van der Waals surface area contributed by atoms with Gasteiger partial charge >= 0.3 is 0 Å². The van der Waals surface area contributed by atoms with Crippen LogP contribution in [0.4, 0.5) is 15.8 Å². The van der Waals surface area contributed by atoms with Crippen molar-refractivity contribution in [2.24, 2.45) is 0 Å². The van der Waals surface area contributed by atoms with Crippen molar-refractivity contribution >= 4 is 49.1 Å². The summed E-state index contributed by atoms with van der Waals surface area (Å²) in [4.78, 5) is 12.1. The summed E-state index contributed by atoms with van der Waals surface area (Å²) in [7, 11) is 0. The molecular weight excluding hydrogens is 391 g/mol. The van der Waals surface area contributed by atoms with Crippen molar-refractivity contribution in [3.63, 3.8) is 0 Å². The molecule has 2 aromatic rings. The van der Waals surface area contributed by atoms with Crippen LogP contribution < -0.4 is 11.1 Å². The van der Waals surface area contributed by atoms with Gasteiger partial charge in [0.25, 0.3) is 5.91 Å². The number of halogens is 3.